The lowest BCUT2D eigenvalue weighted by atomic mass is 9.99. The SMILES string of the molecule is Cc1ccn(CC2CCCNC2)c(=O)c1C(=O)Nc1cnn(C(C)C)c1. The zero-order valence-electron chi connectivity index (χ0n) is 15.7. The lowest BCUT2D eigenvalue weighted by molar-refractivity contribution is 0.102. The normalized spacial score (nSPS) is 17.5. The van der Waals surface area contributed by atoms with Crippen LogP contribution < -0.4 is 16.2 Å². The van der Waals surface area contributed by atoms with Crippen molar-refractivity contribution in [1.29, 1.82) is 0 Å². The Kier molecular flexibility index (Phi) is 5.56. The van der Waals surface area contributed by atoms with Crippen LogP contribution in [0.4, 0.5) is 5.69 Å². The van der Waals surface area contributed by atoms with Crippen LogP contribution in [-0.4, -0.2) is 33.3 Å². The van der Waals surface area contributed by atoms with Gasteiger partial charge in [0.1, 0.15) is 5.56 Å². The van der Waals surface area contributed by atoms with Gasteiger partial charge in [-0.2, -0.15) is 5.10 Å². The highest BCUT2D eigenvalue weighted by Gasteiger charge is 2.19. The fourth-order valence-corrected chi connectivity index (χ4v) is 3.32. The summed E-state index contributed by atoms with van der Waals surface area (Å²) in [5.74, 6) is 0.0382. The first-order valence-corrected chi connectivity index (χ1v) is 9.22. The van der Waals surface area contributed by atoms with Gasteiger partial charge in [-0.25, -0.2) is 0 Å². The van der Waals surface area contributed by atoms with E-state index in [-0.39, 0.29) is 23.1 Å². The van der Waals surface area contributed by atoms with E-state index in [0.29, 0.717) is 23.7 Å². The van der Waals surface area contributed by atoms with E-state index >= 15 is 0 Å². The lowest BCUT2D eigenvalue weighted by Crippen LogP contribution is -2.36. The van der Waals surface area contributed by atoms with Gasteiger partial charge >= 0.3 is 0 Å². The summed E-state index contributed by atoms with van der Waals surface area (Å²) in [6, 6.07) is 2.05. The summed E-state index contributed by atoms with van der Waals surface area (Å²) in [7, 11) is 0. The quantitative estimate of drug-likeness (QED) is 0.859. The summed E-state index contributed by atoms with van der Waals surface area (Å²) in [6.07, 6.45) is 7.39. The number of nitrogens with one attached hydrogen (secondary N) is 2. The van der Waals surface area contributed by atoms with Crippen LogP contribution in [0.15, 0.2) is 29.5 Å². The predicted molar refractivity (Wildman–Crippen MR) is 102 cm³/mol. The van der Waals surface area contributed by atoms with Gasteiger partial charge in [-0.15, -0.1) is 0 Å². The second-order valence-corrected chi connectivity index (χ2v) is 7.30. The predicted octanol–water partition coefficient (Wildman–Crippen LogP) is 2.19. The molecule has 0 aromatic carbocycles. The van der Waals surface area contributed by atoms with E-state index in [1.165, 1.54) is 0 Å². The molecule has 2 aromatic heterocycles. The van der Waals surface area contributed by atoms with Crippen molar-refractivity contribution < 1.29 is 4.79 Å². The van der Waals surface area contributed by atoms with Crippen LogP contribution in [0.5, 0.6) is 0 Å². The molecular formula is C19H27N5O2. The average molecular weight is 357 g/mol. The highest BCUT2D eigenvalue weighted by atomic mass is 16.2. The summed E-state index contributed by atoms with van der Waals surface area (Å²) >= 11 is 0. The molecule has 1 saturated heterocycles. The number of aromatic nitrogens is 3. The molecule has 0 aliphatic carbocycles. The maximum Gasteiger partial charge on any atom is 0.263 e. The number of pyridine rings is 1. The van der Waals surface area contributed by atoms with E-state index in [1.807, 2.05) is 19.9 Å². The zero-order chi connectivity index (χ0) is 18.7. The van der Waals surface area contributed by atoms with Gasteiger partial charge in [0.2, 0.25) is 0 Å². The van der Waals surface area contributed by atoms with Crippen molar-refractivity contribution in [2.75, 3.05) is 18.4 Å². The molecule has 1 aliphatic heterocycles. The van der Waals surface area contributed by atoms with Gasteiger partial charge in [-0.05, 0) is 64.3 Å². The molecule has 3 rings (SSSR count). The molecule has 0 spiro atoms. The van der Waals surface area contributed by atoms with Crippen LogP contribution in [0.2, 0.25) is 0 Å². The molecule has 2 N–H and O–H groups in total. The van der Waals surface area contributed by atoms with Gasteiger partial charge in [0.25, 0.3) is 11.5 Å². The summed E-state index contributed by atoms with van der Waals surface area (Å²) in [4.78, 5) is 25.6. The van der Waals surface area contributed by atoms with E-state index in [0.717, 1.165) is 25.9 Å². The fraction of sp³-hybridized carbons (Fsp3) is 0.526. The summed E-state index contributed by atoms with van der Waals surface area (Å²) in [5.41, 5.74) is 1.24. The summed E-state index contributed by atoms with van der Waals surface area (Å²) in [6.45, 7) is 8.41. The first-order valence-electron chi connectivity index (χ1n) is 9.22. The first kappa shape index (κ1) is 18.4. The van der Waals surface area contributed by atoms with E-state index in [9.17, 15) is 9.59 Å². The molecule has 140 valence electrons. The number of hydrogen-bond acceptors (Lipinski definition) is 4. The lowest BCUT2D eigenvalue weighted by Gasteiger charge is -2.23. The molecule has 7 nitrogen and oxygen atoms in total. The Bertz CT molecular complexity index is 831. The standard InChI is InChI=1S/C19H27N5O2/c1-13(2)24-12-16(10-21-24)22-18(25)17-14(3)6-8-23(19(17)26)11-15-5-4-7-20-9-15/h6,8,10,12-13,15,20H,4-5,7,9,11H2,1-3H3,(H,22,25). The number of carbonyl (C=O) groups excluding carboxylic acids is 1. The van der Waals surface area contributed by atoms with Crippen molar-refractivity contribution in [3.63, 3.8) is 0 Å². The number of aryl methyl sites for hydroxylation is 1. The van der Waals surface area contributed by atoms with Gasteiger partial charge in [0.05, 0.1) is 11.9 Å². The third-order valence-corrected chi connectivity index (χ3v) is 4.84. The third-order valence-electron chi connectivity index (χ3n) is 4.84. The third kappa shape index (κ3) is 4.04. The molecule has 1 unspecified atom stereocenters. The van der Waals surface area contributed by atoms with Crippen LogP contribution in [0.1, 0.15) is 48.7 Å². The first-order chi connectivity index (χ1) is 12.5. The van der Waals surface area contributed by atoms with Gasteiger partial charge in [0.15, 0.2) is 0 Å². The van der Waals surface area contributed by atoms with Crippen LogP contribution in [-0.2, 0) is 6.54 Å². The minimum Gasteiger partial charge on any atom is -0.319 e. The van der Waals surface area contributed by atoms with Crippen molar-refractivity contribution >= 4 is 11.6 Å². The minimum atomic E-state index is -0.382. The molecule has 3 heterocycles. The van der Waals surface area contributed by atoms with Gasteiger partial charge < -0.3 is 15.2 Å². The maximum absolute atomic E-state index is 12.9. The highest BCUT2D eigenvalue weighted by molar-refractivity contribution is 6.04. The van der Waals surface area contributed by atoms with Crippen molar-refractivity contribution in [3.05, 3.63) is 46.1 Å². The van der Waals surface area contributed by atoms with Crippen molar-refractivity contribution in [1.82, 2.24) is 19.7 Å². The number of nitrogens with zero attached hydrogens (tertiary/aromatic N) is 3. The molecule has 0 bridgehead atoms. The monoisotopic (exact) mass is 357 g/mol. The Morgan fingerprint density at radius 2 is 2.27 bits per heavy atom. The Labute approximate surface area is 153 Å². The second kappa shape index (κ2) is 7.86. The van der Waals surface area contributed by atoms with Crippen LogP contribution >= 0.6 is 0 Å². The number of amides is 1. The van der Waals surface area contributed by atoms with Crippen LogP contribution in [0, 0.1) is 12.8 Å². The Balaban J connectivity index is 1.80. The van der Waals surface area contributed by atoms with Crippen molar-refractivity contribution in [2.24, 2.45) is 5.92 Å². The molecule has 0 radical (unpaired) electrons. The highest BCUT2D eigenvalue weighted by Crippen LogP contribution is 2.14. The minimum absolute atomic E-state index is 0.202. The van der Waals surface area contributed by atoms with E-state index in [4.69, 9.17) is 0 Å². The van der Waals surface area contributed by atoms with Gasteiger partial charge in [-0.3, -0.25) is 14.3 Å². The van der Waals surface area contributed by atoms with E-state index in [2.05, 4.69) is 15.7 Å². The molecule has 0 saturated carbocycles. The fourth-order valence-electron chi connectivity index (χ4n) is 3.32. The molecule has 1 atom stereocenters. The zero-order valence-corrected chi connectivity index (χ0v) is 15.7. The topological polar surface area (TPSA) is 81.0 Å². The summed E-state index contributed by atoms with van der Waals surface area (Å²) in [5, 5.41) is 10.4. The van der Waals surface area contributed by atoms with Crippen molar-refractivity contribution in [3.8, 4) is 0 Å². The van der Waals surface area contributed by atoms with Crippen molar-refractivity contribution in [2.45, 2.75) is 46.2 Å². The van der Waals surface area contributed by atoms with E-state index in [1.54, 1.807) is 34.8 Å². The molecule has 1 aliphatic rings. The van der Waals surface area contributed by atoms with Gasteiger partial charge in [-0.1, -0.05) is 0 Å². The number of anilines is 1. The average Bonchev–Trinajstić information content (AvgIpc) is 3.07. The molecule has 1 fully saturated rings. The molecule has 2 aromatic rings. The smallest absolute Gasteiger partial charge is 0.263 e. The molecule has 7 heteroatoms. The van der Waals surface area contributed by atoms with Crippen LogP contribution in [0.3, 0.4) is 0 Å². The Morgan fingerprint density at radius 3 is 2.92 bits per heavy atom. The maximum atomic E-state index is 12.9. The van der Waals surface area contributed by atoms with Gasteiger partial charge in [0, 0.05) is 25.0 Å². The van der Waals surface area contributed by atoms with E-state index < -0.39 is 0 Å². The van der Waals surface area contributed by atoms with Crippen LogP contribution in [0.25, 0.3) is 0 Å². The summed E-state index contributed by atoms with van der Waals surface area (Å²) < 4.78 is 3.43. The number of piperidine rings is 1. The largest absolute Gasteiger partial charge is 0.319 e. The number of hydrogen-bond donors (Lipinski definition) is 2. The second-order valence-electron chi connectivity index (χ2n) is 7.30. The Morgan fingerprint density at radius 1 is 1.46 bits per heavy atom. The molecule has 26 heavy (non-hydrogen) atoms. The number of rotatable bonds is 5. The number of carbonyl (C=O) groups is 1. The molecule has 1 amide bonds. The Hall–Kier alpha value is -2.41. The molecular weight excluding hydrogens is 330 g/mol.